The molecule has 13 heteroatoms. The van der Waals surface area contributed by atoms with Crippen LogP contribution in [0.25, 0.3) is 11.2 Å². The molecule has 34 heavy (non-hydrogen) atoms. The second-order valence-electron chi connectivity index (χ2n) is 8.93. The Hall–Kier alpha value is -3.55. The number of benzene rings is 1. The molecule has 4 aromatic rings. The third-order valence-corrected chi connectivity index (χ3v) is 5.41. The van der Waals surface area contributed by atoms with Crippen LogP contribution in [0.5, 0.6) is 0 Å². The number of aliphatic hydroxyl groups excluding tert-OH is 2. The van der Waals surface area contributed by atoms with E-state index in [1.807, 2.05) is 20.8 Å². The summed E-state index contributed by atoms with van der Waals surface area (Å²) in [5, 5.41) is 28.0. The van der Waals surface area contributed by atoms with Crippen LogP contribution >= 0.6 is 0 Å². The number of nitrogens with zero attached hydrogens (tertiary/aromatic N) is 6. The fourth-order valence-electron chi connectivity index (χ4n) is 3.60. The van der Waals surface area contributed by atoms with Gasteiger partial charge in [0.1, 0.15) is 30.2 Å². The van der Waals surface area contributed by atoms with E-state index in [1.54, 1.807) is 0 Å². The quantitative estimate of drug-likeness (QED) is 0.404. The fourth-order valence-corrected chi connectivity index (χ4v) is 3.60. The highest BCUT2D eigenvalue weighted by molar-refractivity contribution is 5.85. The summed E-state index contributed by atoms with van der Waals surface area (Å²) in [7, 11) is 0. The van der Waals surface area contributed by atoms with E-state index in [2.05, 4.69) is 30.4 Å². The van der Waals surface area contributed by atoms with Gasteiger partial charge in [-0.2, -0.15) is 4.98 Å². The van der Waals surface area contributed by atoms with Crippen molar-refractivity contribution in [2.24, 2.45) is 0 Å². The Morgan fingerprint density at radius 3 is 2.59 bits per heavy atom. The van der Waals surface area contributed by atoms with Gasteiger partial charge in [0, 0.05) is 11.5 Å². The van der Waals surface area contributed by atoms with E-state index in [0.29, 0.717) is 5.82 Å². The number of hydrogen-bond donors (Lipinski definition) is 3. The lowest BCUT2D eigenvalue weighted by Crippen LogP contribution is -2.29. The lowest BCUT2D eigenvalue weighted by Gasteiger charge is -2.16. The van der Waals surface area contributed by atoms with Gasteiger partial charge in [-0.15, -0.1) is 0 Å². The van der Waals surface area contributed by atoms with Crippen LogP contribution in [-0.4, -0.2) is 52.1 Å². The first-order valence-electron chi connectivity index (χ1n) is 10.4. The van der Waals surface area contributed by atoms with Crippen molar-refractivity contribution < 1.29 is 28.3 Å². The van der Waals surface area contributed by atoms with Crippen molar-refractivity contribution in [3.8, 4) is 0 Å². The minimum Gasteiger partial charge on any atom is -0.387 e. The molecular formula is C21H21F2N7O4. The average molecular weight is 473 g/mol. The van der Waals surface area contributed by atoms with Crippen LogP contribution in [0.4, 0.5) is 20.3 Å². The molecule has 178 valence electrons. The highest BCUT2D eigenvalue weighted by Gasteiger charge is 2.48. The number of rotatable bonds is 4. The Labute approximate surface area is 191 Å². The third kappa shape index (κ3) is 3.77. The summed E-state index contributed by atoms with van der Waals surface area (Å²) in [4.78, 5) is 16.8. The Bertz CT molecular complexity index is 1350. The molecule has 0 amide bonds. The highest BCUT2D eigenvalue weighted by atomic mass is 19.1. The first-order chi connectivity index (χ1) is 16.1. The molecule has 1 saturated heterocycles. The van der Waals surface area contributed by atoms with E-state index < -0.39 is 36.2 Å². The Morgan fingerprint density at radius 1 is 1.09 bits per heavy atom. The number of aromatic nitrogens is 6. The number of fused-ring (bicyclic) bond motifs is 1. The molecule has 0 saturated carbocycles. The molecule has 0 bridgehead atoms. The van der Waals surface area contributed by atoms with Gasteiger partial charge in [0.2, 0.25) is 0 Å². The first-order valence-corrected chi connectivity index (χ1v) is 10.4. The Balaban J connectivity index is 1.45. The molecule has 0 unspecified atom stereocenters. The zero-order valence-electron chi connectivity index (χ0n) is 18.3. The van der Waals surface area contributed by atoms with E-state index in [4.69, 9.17) is 9.26 Å². The Morgan fingerprint density at radius 2 is 1.88 bits per heavy atom. The summed E-state index contributed by atoms with van der Waals surface area (Å²) in [5.41, 5.74) is 0.106. The SMILES string of the molecule is CC(C)(C)c1noc([C@H]2O[C@@H](n3cnc4c(Nc5ccc(F)cc5F)ncnc43)[C@H](O)[C@@H]2O)n1. The van der Waals surface area contributed by atoms with Gasteiger partial charge in [-0.1, -0.05) is 25.9 Å². The van der Waals surface area contributed by atoms with Crippen molar-refractivity contribution in [1.82, 2.24) is 29.7 Å². The smallest absolute Gasteiger partial charge is 0.258 e. The zero-order chi connectivity index (χ0) is 24.2. The molecule has 1 aliphatic rings. The van der Waals surface area contributed by atoms with Gasteiger partial charge in [0.25, 0.3) is 5.89 Å². The average Bonchev–Trinajstić information content (AvgIpc) is 3.49. The van der Waals surface area contributed by atoms with E-state index in [-0.39, 0.29) is 34.0 Å². The van der Waals surface area contributed by atoms with E-state index >= 15 is 0 Å². The first kappa shape index (κ1) is 22.3. The second kappa shape index (κ2) is 8.04. The third-order valence-electron chi connectivity index (χ3n) is 5.41. The number of hydrogen-bond acceptors (Lipinski definition) is 10. The number of imidazole rings is 1. The number of aliphatic hydroxyl groups is 2. The van der Waals surface area contributed by atoms with Crippen LogP contribution < -0.4 is 5.32 Å². The van der Waals surface area contributed by atoms with Gasteiger partial charge in [-0.3, -0.25) is 4.57 Å². The summed E-state index contributed by atoms with van der Waals surface area (Å²) in [5.74, 6) is -0.893. The van der Waals surface area contributed by atoms with Crippen LogP contribution in [0.1, 0.15) is 44.8 Å². The van der Waals surface area contributed by atoms with Gasteiger partial charge >= 0.3 is 0 Å². The lowest BCUT2D eigenvalue weighted by atomic mass is 9.96. The predicted octanol–water partition coefficient (Wildman–Crippen LogP) is 2.52. The number of anilines is 2. The van der Waals surface area contributed by atoms with E-state index in [9.17, 15) is 19.0 Å². The van der Waals surface area contributed by atoms with Gasteiger partial charge in [0.05, 0.1) is 12.0 Å². The van der Waals surface area contributed by atoms with Gasteiger partial charge < -0.3 is 24.8 Å². The van der Waals surface area contributed by atoms with Gasteiger partial charge in [-0.25, -0.2) is 23.7 Å². The summed E-state index contributed by atoms with van der Waals surface area (Å²) in [6.45, 7) is 5.73. The maximum absolute atomic E-state index is 14.1. The lowest BCUT2D eigenvalue weighted by molar-refractivity contribution is -0.0451. The van der Waals surface area contributed by atoms with Crippen molar-refractivity contribution in [1.29, 1.82) is 0 Å². The molecule has 0 radical (unpaired) electrons. The Kier molecular flexibility index (Phi) is 5.26. The fraction of sp³-hybridized carbons (Fsp3) is 0.381. The van der Waals surface area contributed by atoms with Crippen LogP contribution in [0, 0.1) is 11.6 Å². The molecule has 0 aliphatic carbocycles. The van der Waals surface area contributed by atoms with Crippen molar-refractivity contribution in [2.45, 2.75) is 50.7 Å². The number of nitrogens with one attached hydrogen (secondary N) is 1. The van der Waals surface area contributed by atoms with Crippen molar-refractivity contribution >= 4 is 22.7 Å². The van der Waals surface area contributed by atoms with Gasteiger partial charge in [0.15, 0.2) is 35.1 Å². The molecule has 0 spiro atoms. The molecule has 4 heterocycles. The monoisotopic (exact) mass is 473 g/mol. The number of halogens is 2. The summed E-state index contributed by atoms with van der Waals surface area (Å²) >= 11 is 0. The molecular weight excluding hydrogens is 452 g/mol. The number of ether oxygens (including phenoxy) is 1. The molecule has 5 rings (SSSR count). The largest absolute Gasteiger partial charge is 0.387 e. The van der Waals surface area contributed by atoms with Gasteiger partial charge in [-0.05, 0) is 12.1 Å². The molecule has 1 aromatic carbocycles. The highest BCUT2D eigenvalue weighted by Crippen LogP contribution is 2.40. The van der Waals surface area contributed by atoms with E-state index in [0.717, 1.165) is 12.1 Å². The normalized spacial score (nSPS) is 23.0. The maximum Gasteiger partial charge on any atom is 0.258 e. The topological polar surface area (TPSA) is 144 Å². The van der Waals surface area contributed by atoms with Crippen LogP contribution in [-0.2, 0) is 10.2 Å². The van der Waals surface area contributed by atoms with Crippen LogP contribution in [0.15, 0.2) is 35.4 Å². The van der Waals surface area contributed by atoms with Crippen molar-refractivity contribution in [2.75, 3.05) is 5.32 Å². The van der Waals surface area contributed by atoms with E-state index in [1.165, 1.54) is 23.3 Å². The van der Waals surface area contributed by atoms with Crippen LogP contribution in [0.3, 0.4) is 0 Å². The molecule has 1 aliphatic heterocycles. The molecule has 4 atom stereocenters. The minimum absolute atomic E-state index is 0.00497. The summed E-state index contributed by atoms with van der Waals surface area (Å²) in [6.07, 6.45) is -2.32. The second-order valence-corrected chi connectivity index (χ2v) is 8.93. The molecule has 1 fully saturated rings. The van der Waals surface area contributed by atoms with Crippen LogP contribution in [0.2, 0.25) is 0 Å². The molecule has 11 nitrogen and oxygen atoms in total. The summed E-state index contributed by atoms with van der Waals surface area (Å²) < 4.78 is 39.9. The maximum atomic E-state index is 14.1. The minimum atomic E-state index is -1.37. The zero-order valence-corrected chi connectivity index (χ0v) is 18.3. The molecule has 3 N–H and O–H groups in total. The molecule has 3 aromatic heterocycles. The predicted molar refractivity (Wildman–Crippen MR) is 113 cm³/mol. The van der Waals surface area contributed by atoms with Crippen molar-refractivity contribution in [3.05, 3.63) is 54.2 Å². The summed E-state index contributed by atoms with van der Waals surface area (Å²) in [6, 6.07) is 3.08. The standard InChI is InChI=1S/C21H21F2N7O4/c1-21(2,3)20-28-18(34-29-20)15-13(31)14(32)19(33-15)30-8-26-12-16(24-7-25-17(12)30)27-11-5-4-9(22)6-10(11)23/h4-8,13-15,19,31-32H,1-3H3,(H,24,25,27)/t13-,14+,15-,19+/m0/s1. The van der Waals surface area contributed by atoms with Crippen molar-refractivity contribution in [3.63, 3.8) is 0 Å².